The summed E-state index contributed by atoms with van der Waals surface area (Å²) in [5.41, 5.74) is 3.55. The largest absolute Gasteiger partial charge is 0.452 e. The van der Waals surface area contributed by atoms with Crippen LogP contribution in [-0.4, -0.2) is 34.3 Å². The van der Waals surface area contributed by atoms with Gasteiger partial charge < -0.3 is 10.1 Å². The number of rotatable bonds is 8. The lowest BCUT2D eigenvalue weighted by atomic mass is 10.2. The van der Waals surface area contributed by atoms with E-state index in [1.807, 2.05) is 62.7 Å². The number of hydrogen-bond acceptors (Lipinski definition) is 4. The van der Waals surface area contributed by atoms with Crippen LogP contribution in [0.15, 0.2) is 36.4 Å². The van der Waals surface area contributed by atoms with Crippen molar-refractivity contribution in [2.45, 2.75) is 46.6 Å². The van der Waals surface area contributed by atoms with E-state index in [2.05, 4.69) is 10.4 Å². The molecule has 0 unspecified atom stereocenters. The van der Waals surface area contributed by atoms with Gasteiger partial charge in [-0.05, 0) is 44.9 Å². The maximum Gasteiger partial charge on any atom is 0.331 e. The van der Waals surface area contributed by atoms with Gasteiger partial charge in [0.15, 0.2) is 6.61 Å². The number of ether oxygens (including phenoxy) is 1. The highest BCUT2D eigenvalue weighted by atomic mass is 16.5. The fraction of sp³-hybridized carbons (Fsp3) is 0.381. The lowest BCUT2D eigenvalue weighted by Crippen LogP contribution is -2.36. The van der Waals surface area contributed by atoms with E-state index in [0.717, 1.165) is 35.5 Å². The number of benzene rings is 1. The number of nitrogens with one attached hydrogen (secondary N) is 1. The van der Waals surface area contributed by atoms with Gasteiger partial charge in [0.25, 0.3) is 5.91 Å². The number of hydrogen-bond donors (Lipinski definition) is 1. The SMILES string of the molecule is CCC(CC)NC(=O)COC(=O)/C=C/c1c(C)nn(-c2ccccc2)c1C. The van der Waals surface area contributed by atoms with E-state index in [-0.39, 0.29) is 18.6 Å². The second-order valence-electron chi connectivity index (χ2n) is 6.35. The Morgan fingerprint density at radius 1 is 1.19 bits per heavy atom. The van der Waals surface area contributed by atoms with Gasteiger partial charge >= 0.3 is 5.97 Å². The molecular formula is C21H27N3O3. The highest BCUT2D eigenvalue weighted by Gasteiger charge is 2.12. The number of carbonyl (C=O) groups is 2. The Hall–Kier alpha value is -2.89. The van der Waals surface area contributed by atoms with E-state index in [4.69, 9.17) is 4.74 Å². The molecule has 0 aliphatic carbocycles. The molecule has 0 atom stereocenters. The van der Waals surface area contributed by atoms with Gasteiger partial charge in [-0.2, -0.15) is 5.10 Å². The first-order valence-electron chi connectivity index (χ1n) is 9.22. The molecule has 1 amide bonds. The van der Waals surface area contributed by atoms with Crippen molar-refractivity contribution >= 4 is 18.0 Å². The van der Waals surface area contributed by atoms with Crippen LogP contribution in [0.3, 0.4) is 0 Å². The summed E-state index contributed by atoms with van der Waals surface area (Å²) in [6.45, 7) is 7.56. The maximum atomic E-state index is 11.9. The second kappa shape index (κ2) is 9.71. The molecule has 0 radical (unpaired) electrons. The third-order valence-corrected chi connectivity index (χ3v) is 4.43. The number of amides is 1. The van der Waals surface area contributed by atoms with Gasteiger partial charge in [0.05, 0.1) is 11.4 Å². The number of nitrogens with zero attached hydrogens (tertiary/aromatic N) is 2. The van der Waals surface area contributed by atoms with Crippen LogP contribution >= 0.6 is 0 Å². The first-order valence-corrected chi connectivity index (χ1v) is 9.22. The minimum absolute atomic E-state index is 0.112. The predicted octanol–water partition coefficient (Wildman–Crippen LogP) is 3.35. The molecule has 2 rings (SSSR count). The average Bonchev–Trinajstić information content (AvgIpc) is 2.97. The molecule has 1 heterocycles. The van der Waals surface area contributed by atoms with E-state index >= 15 is 0 Å². The maximum absolute atomic E-state index is 11.9. The summed E-state index contributed by atoms with van der Waals surface area (Å²) in [4.78, 5) is 23.7. The van der Waals surface area contributed by atoms with Crippen LogP contribution in [0.25, 0.3) is 11.8 Å². The number of aromatic nitrogens is 2. The fourth-order valence-electron chi connectivity index (χ4n) is 2.81. The highest BCUT2D eigenvalue weighted by Crippen LogP contribution is 2.19. The normalized spacial score (nSPS) is 11.1. The zero-order valence-corrected chi connectivity index (χ0v) is 16.4. The zero-order chi connectivity index (χ0) is 19.8. The van der Waals surface area contributed by atoms with Crippen LogP contribution in [0.1, 0.15) is 43.6 Å². The number of aryl methyl sites for hydroxylation is 1. The van der Waals surface area contributed by atoms with Crippen LogP contribution in [-0.2, 0) is 14.3 Å². The smallest absolute Gasteiger partial charge is 0.331 e. The first kappa shape index (κ1) is 20.4. The van der Waals surface area contributed by atoms with Crippen molar-refractivity contribution in [1.82, 2.24) is 15.1 Å². The summed E-state index contributed by atoms with van der Waals surface area (Å²) in [7, 11) is 0. The van der Waals surface area contributed by atoms with Gasteiger partial charge in [0.1, 0.15) is 0 Å². The summed E-state index contributed by atoms with van der Waals surface area (Å²) >= 11 is 0. The second-order valence-corrected chi connectivity index (χ2v) is 6.35. The third-order valence-electron chi connectivity index (χ3n) is 4.43. The molecule has 144 valence electrons. The van der Waals surface area contributed by atoms with Crippen molar-refractivity contribution in [3.8, 4) is 5.69 Å². The van der Waals surface area contributed by atoms with Crippen LogP contribution in [0.4, 0.5) is 0 Å². The Labute approximate surface area is 160 Å². The molecule has 0 spiro atoms. The summed E-state index contributed by atoms with van der Waals surface area (Å²) in [5, 5.41) is 7.36. The van der Waals surface area contributed by atoms with E-state index in [1.54, 1.807) is 6.08 Å². The van der Waals surface area contributed by atoms with Gasteiger partial charge in [0, 0.05) is 23.4 Å². The molecule has 1 aromatic carbocycles. The van der Waals surface area contributed by atoms with Crippen LogP contribution in [0.5, 0.6) is 0 Å². The van der Waals surface area contributed by atoms with E-state index in [9.17, 15) is 9.59 Å². The zero-order valence-electron chi connectivity index (χ0n) is 16.4. The Bertz CT molecular complexity index is 806. The monoisotopic (exact) mass is 369 g/mol. The minimum atomic E-state index is -0.555. The molecule has 2 aromatic rings. The fourth-order valence-corrected chi connectivity index (χ4v) is 2.81. The Balaban J connectivity index is 1.98. The summed E-state index contributed by atoms with van der Waals surface area (Å²) in [5.74, 6) is -0.837. The third kappa shape index (κ3) is 5.54. The van der Waals surface area contributed by atoms with Crippen molar-refractivity contribution in [3.63, 3.8) is 0 Å². The molecule has 27 heavy (non-hydrogen) atoms. The van der Waals surface area contributed by atoms with Crippen molar-refractivity contribution in [3.05, 3.63) is 53.4 Å². The molecule has 1 aromatic heterocycles. The Kier molecular flexibility index (Phi) is 7.34. The Morgan fingerprint density at radius 2 is 1.85 bits per heavy atom. The van der Waals surface area contributed by atoms with Gasteiger partial charge in [-0.1, -0.05) is 32.0 Å². The molecule has 0 saturated heterocycles. The number of para-hydroxylation sites is 1. The molecular weight excluding hydrogens is 342 g/mol. The van der Waals surface area contributed by atoms with Crippen molar-refractivity contribution in [2.24, 2.45) is 0 Å². The molecule has 0 saturated carbocycles. The van der Waals surface area contributed by atoms with Crippen molar-refractivity contribution in [2.75, 3.05) is 6.61 Å². The van der Waals surface area contributed by atoms with Crippen molar-refractivity contribution < 1.29 is 14.3 Å². The highest BCUT2D eigenvalue weighted by molar-refractivity contribution is 5.89. The summed E-state index contributed by atoms with van der Waals surface area (Å²) in [6.07, 6.45) is 4.70. The van der Waals surface area contributed by atoms with Gasteiger partial charge in [0.2, 0.25) is 0 Å². The molecule has 6 nitrogen and oxygen atoms in total. The molecule has 6 heteroatoms. The standard InChI is InChI=1S/C21H27N3O3/c1-5-17(6-2)22-20(25)14-27-21(26)13-12-19-15(3)23-24(16(19)4)18-10-8-7-9-11-18/h7-13,17H,5-6,14H2,1-4H3,(H,22,25)/b13-12+. The van der Waals surface area contributed by atoms with Crippen LogP contribution < -0.4 is 5.32 Å². The van der Waals surface area contributed by atoms with Crippen LogP contribution in [0, 0.1) is 13.8 Å². The van der Waals surface area contributed by atoms with Crippen molar-refractivity contribution in [1.29, 1.82) is 0 Å². The summed E-state index contributed by atoms with van der Waals surface area (Å²) in [6, 6.07) is 9.91. The minimum Gasteiger partial charge on any atom is -0.452 e. The van der Waals surface area contributed by atoms with E-state index in [1.165, 1.54) is 6.08 Å². The topological polar surface area (TPSA) is 73.2 Å². The molecule has 0 fully saturated rings. The quantitative estimate of drug-likeness (QED) is 0.572. The Morgan fingerprint density at radius 3 is 2.48 bits per heavy atom. The predicted molar refractivity (Wildman–Crippen MR) is 106 cm³/mol. The van der Waals surface area contributed by atoms with Crippen LogP contribution in [0.2, 0.25) is 0 Å². The van der Waals surface area contributed by atoms with E-state index in [0.29, 0.717) is 0 Å². The average molecular weight is 369 g/mol. The molecule has 0 aliphatic rings. The number of carbonyl (C=O) groups excluding carboxylic acids is 2. The molecule has 0 bridgehead atoms. The molecule has 1 N–H and O–H groups in total. The lowest BCUT2D eigenvalue weighted by molar-refractivity contribution is -0.144. The first-order chi connectivity index (χ1) is 13.0. The number of esters is 1. The summed E-state index contributed by atoms with van der Waals surface area (Å²) < 4.78 is 6.86. The van der Waals surface area contributed by atoms with Gasteiger partial charge in [-0.15, -0.1) is 0 Å². The lowest BCUT2D eigenvalue weighted by Gasteiger charge is -2.14. The van der Waals surface area contributed by atoms with E-state index < -0.39 is 5.97 Å². The molecule has 0 aliphatic heterocycles. The van der Waals surface area contributed by atoms with Gasteiger partial charge in [-0.25, -0.2) is 9.48 Å². The van der Waals surface area contributed by atoms with Gasteiger partial charge in [-0.3, -0.25) is 4.79 Å².